The summed E-state index contributed by atoms with van der Waals surface area (Å²) in [7, 11) is 0. The zero-order chi connectivity index (χ0) is 20.4. The zero-order valence-corrected chi connectivity index (χ0v) is 17.0. The fourth-order valence-electron chi connectivity index (χ4n) is 5.06. The standard InChI is InChI=1S/C23H31F3N2O/c24-23(25,26)20-6-4-5-17(15-20)16-27-13-10-18(11-14-27)21-7-2-1-3-12-28(21)22(29)19-8-9-19/h4-6,15,18-19,21H,1-3,7-14,16H2/t21-/m1/s1. The lowest BCUT2D eigenvalue weighted by atomic mass is 9.85. The van der Waals surface area contributed by atoms with Gasteiger partial charge in [-0.25, -0.2) is 0 Å². The van der Waals surface area contributed by atoms with E-state index in [2.05, 4.69) is 9.80 Å². The number of benzene rings is 1. The zero-order valence-electron chi connectivity index (χ0n) is 17.0. The van der Waals surface area contributed by atoms with Gasteiger partial charge in [0.15, 0.2) is 0 Å². The molecule has 0 radical (unpaired) electrons. The number of rotatable bonds is 4. The van der Waals surface area contributed by atoms with Crippen LogP contribution < -0.4 is 0 Å². The number of halogens is 3. The summed E-state index contributed by atoms with van der Waals surface area (Å²) in [4.78, 5) is 17.3. The Morgan fingerprint density at radius 1 is 0.966 bits per heavy atom. The van der Waals surface area contributed by atoms with Gasteiger partial charge >= 0.3 is 6.18 Å². The molecule has 1 aromatic carbocycles. The number of hydrogen-bond acceptors (Lipinski definition) is 2. The minimum Gasteiger partial charge on any atom is -0.339 e. The van der Waals surface area contributed by atoms with Gasteiger partial charge in [0, 0.05) is 25.0 Å². The molecule has 0 aromatic heterocycles. The summed E-state index contributed by atoms with van der Waals surface area (Å²) in [6, 6.07) is 6.04. The topological polar surface area (TPSA) is 23.6 Å². The summed E-state index contributed by atoms with van der Waals surface area (Å²) >= 11 is 0. The molecule has 2 aliphatic heterocycles. The molecule has 1 atom stereocenters. The summed E-state index contributed by atoms with van der Waals surface area (Å²) in [5.41, 5.74) is 0.149. The summed E-state index contributed by atoms with van der Waals surface area (Å²) < 4.78 is 38.9. The molecule has 3 aliphatic rings. The van der Waals surface area contributed by atoms with Crippen LogP contribution in [-0.4, -0.2) is 41.4 Å². The van der Waals surface area contributed by atoms with E-state index in [1.54, 1.807) is 6.07 Å². The molecule has 4 rings (SSSR count). The van der Waals surface area contributed by atoms with Gasteiger partial charge in [0.2, 0.25) is 5.91 Å². The number of piperidine rings is 1. The lowest BCUT2D eigenvalue weighted by Crippen LogP contribution is -2.48. The molecule has 160 valence electrons. The van der Waals surface area contributed by atoms with Crippen molar-refractivity contribution >= 4 is 5.91 Å². The second-order valence-corrected chi connectivity index (χ2v) is 9.03. The Morgan fingerprint density at radius 2 is 1.72 bits per heavy atom. The summed E-state index contributed by atoms with van der Waals surface area (Å²) in [5, 5.41) is 0. The van der Waals surface area contributed by atoms with E-state index in [0.29, 0.717) is 24.4 Å². The van der Waals surface area contributed by atoms with Crippen LogP contribution in [0.2, 0.25) is 0 Å². The highest BCUT2D eigenvalue weighted by Gasteiger charge is 2.39. The molecule has 1 aliphatic carbocycles. The van der Waals surface area contributed by atoms with Gasteiger partial charge in [0.05, 0.1) is 5.56 Å². The minimum atomic E-state index is -4.29. The lowest BCUT2D eigenvalue weighted by molar-refractivity contribution is -0.138. The summed E-state index contributed by atoms with van der Waals surface area (Å²) in [5.74, 6) is 1.17. The number of carbonyl (C=O) groups excluding carboxylic acids is 1. The Bertz CT molecular complexity index is 708. The third-order valence-electron chi connectivity index (χ3n) is 6.85. The Kier molecular flexibility index (Phi) is 6.19. The monoisotopic (exact) mass is 408 g/mol. The molecule has 0 bridgehead atoms. The van der Waals surface area contributed by atoms with Gasteiger partial charge in [0.1, 0.15) is 0 Å². The third kappa shape index (κ3) is 5.14. The highest BCUT2D eigenvalue weighted by Crippen LogP contribution is 2.36. The van der Waals surface area contributed by atoms with Crippen LogP contribution in [0.1, 0.15) is 62.5 Å². The molecule has 1 amide bonds. The van der Waals surface area contributed by atoms with Crippen LogP contribution in [0.4, 0.5) is 13.2 Å². The molecule has 1 saturated carbocycles. The number of carbonyl (C=O) groups is 1. The molecule has 0 N–H and O–H groups in total. The van der Waals surface area contributed by atoms with Crippen molar-refractivity contribution in [3.05, 3.63) is 35.4 Å². The van der Waals surface area contributed by atoms with Gasteiger partial charge in [-0.15, -0.1) is 0 Å². The maximum Gasteiger partial charge on any atom is 0.416 e. The number of likely N-dealkylation sites (tertiary alicyclic amines) is 2. The van der Waals surface area contributed by atoms with E-state index in [-0.39, 0.29) is 5.92 Å². The Labute approximate surface area is 171 Å². The van der Waals surface area contributed by atoms with Crippen LogP contribution in [0.3, 0.4) is 0 Å². The number of alkyl halides is 3. The lowest BCUT2D eigenvalue weighted by Gasteiger charge is -2.41. The number of hydrogen-bond donors (Lipinski definition) is 0. The van der Waals surface area contributed by atoms with Crippen molar-refractivity contribution < 1.29 is 18.0 Å². The predicted molar refractivity (Wildman–Crippen MR) is 106 cm³/mol. The van der Waals surface area contributed by atoms with Gasteiger partial charge in [-0.2, -0.15) is 13.2 Å². The minimum absolute atomic E-state index is 0.275. The first-order valence-electron chi connectivity index (χ1n) is 11.1. The summed E-state index contributed by atoms with van der Waals surface area (Å²) in [6.07, 6.45) is 4.49. The van der Waals surface area contributed by atoms with Gasteiger partial charge in [-0.3, -0.25) is 9.69 Å². The molecule has 2 saturated heterocycles. The van der Waals surface area contributed by atoms with Gasteiger partial charge in [0.25, 0.3) is 0 Å². The first kappa shape index (κ1) is 20.7. The van der Waals surface area contributed by atoms with Crippen molar-refractivity contribution in [3.8, 4) is 0 Å². The van der Waals surface area contributed by atoms with E-state index >= 15 is 0 Å². The quantitative estimate of drug-likeness (QED) is 0.692. The average Bonchev–Trinajstić information content (AvgIpc) is 3.55. The molecular formula is C23H31F3N2O. The normalized spacial score (nSPS) is 25.1. The van der Waals surface area contributed by atoms with E-state index < -0.39 is 11.7 Å². The SMILES string of the molecule is O=C(C1CC1)N1CCCCC[C@@H]1C1CCN(Cc2cccc(C(F)(F)F)c2)CC1. The maximum absolute atomic E-state index is 13.0. The molecule has 3 nitrogen and oxygen atoms in total. The van der Waals surface area contributed by atoms with E-state index in [0.717, 1.165) is 69.8 Å². The number of nitrogens with zero attached hydrogens (tertiary/aromatic N) is 2. The Morgan fingerprint density at radius 3 is 2.41 bits per heavy atom. The van der Waals surface area contributed by atoms with Crippen molar-refractivity contribution in [2.75, 3.05) is 19.6 Å². The van der Waals surface area contributed by atoms with E-state index in [1.165, 1.54) is 25.0 Å². The van der Waals surface area contributed by atoms with E-state index in [1.807, 2.05) is 0 Å². The van der Waals surface area contributed by atoms with Crippen LogP contribution in [0.15, 0.2) is 24.3 Å². The Balaban J connectivity index is 1.35. The molecule has 0 unspecified atom stereocenters. The van der Waals surface area contributed by atoms with Crippen molar-refractivity contribution in [2.24, 2.45) is 11.8 Å². The molecular weight excluding hydrogens is 377 g/mol. The van der Waals surface area contributed by atoms with Crippen molar-refractivity contribution in [3.63, 3.8) is 0 Å². The predicted octanol–water partition coefficient (Wildman–Crippen LogP) is 5.10. The van der Waals surface area contributed by atoms with Gasteiger partial charge < -0.3 is 4.90 Å². The molecule has 0 spiro atoms. The largest absolute Gasteiger partial charge is 0.416 e. The second kappa shape index (κ2) is 8.66. The fraction of sp³-hybridized carbons (Fsp3) is 0.696. The first-order chi connectivity index (χ1) is 13.9. The van der Waals surface area contributed by atoms with Crippen LogP contribution in [0.25, 0.3) is 0 Å². The van der Waals surface area contributed by atoms with Crippen molar-refractivity contribution in [2.45, 2.75) is 70.1 Å². The molecule has 29 heavy (non-hydrogen) atoms. The Hall–Kier alpha value is -1.56. The molecule has 6 heteroatoms. The number of amides is 1. The molecule has 2 heterocycles. The van der Waals surface area contributed by atoms with Gasteiger partial charge in [-0.1, -0.05) is 31.0 Å². The van der Waals surface area contributed by atoms with E-state index in [9.17, 15) is 18.0 Å². The average molecular weight is 409 g/mol. The molecule has 3 fully saturated rings. The maximum atomic E-state index is 13.0. The van der Waals surface area contributed by atoms with Crippen LogP contribution in [-0.2, 0) is 17.5 Å². The van der Waals surface area contributed by atoms with E-state index in [4.69, 9.17) is 0 Å². The second-order valence-electron chi connectivity index (χ2n) is 9.03. The van der Waals surface area contributed by atoms with Crippen LogP contribution >= 0.6 is 0 Å². The van der Waals surface area contributed by atoms with Crippen molar-refractivity contribution in [1.82, 2.24) is 9.80 Å². The smallest absolute Gasteiger partial charge is 0.339 e. The fourth-order valence-corrected chi connectivity index (χ4v) is 5.06. The summed E-state index contributed by atoms with van der Waals surface area (Å²) in [6.45, 7) is 3.25. The van der Waals surface area contributed by atoms with Gasteiger partial charge in [-0.05, 0) is 69.2 Å². The van der Waals surface area contributed by atoms with Crippen molar-refractivity contribution in [1.29, 1.82) is 0 Å². The molecule has 1 aromatic rings. The van der Waals surface area contributed by atoms with Crippen LogP contribution in [0, 0.1) is 11.8 Å². The highest BCUT2D eigenvalue weighted by molar-refractivity contribution is 5.81. The third-order valence-corrected chi connectivity index (χ3v) is 6.85. The first-order valence-corrected chi connectivity index (χ1v) is 11.1. The van der Waals surface area contributed by atoms with Crippen LogP contribution in [0.5, 0.6) is 0 Å². The highest BCUT2D eigenvalue weighted by atomic mass is 19.4.